The number of azo groups is 1. The second kappa shape index (κ2) is 8.33. The number of carbonyl (C=O) groups is 1. The van der Waals surface area contributed by atoms with E-state index in [1.165, 1.54) is 0 Å². The molecule has 0 unspecified atom stereocenters. The molecule has 23 heavy (non-hydrogen) atoms. The van der Waals surface area contributed by atoms with Gasteiger partial charge in [0.1, 0.15) is 0 Å². The molecule has 2 aromatic carbocycles. The number of thiol groups is 1. The molecule has 2 rings (SSSR count). The molecule has 2 aromatic rings. The molecule has 0 radical (unpaired) electrons. The quantitative estimate of drug-likeness (QED) is 0.625. The monoisotopic (exact) mass is 328 g/mol. The second-order valence-corrected chi connectivity index (χ2v) is 5.58. The first kappa shape index (κ1) is 17.0. The number of hydrogen-bond acceptors (Lipinski definition) is 5. The van der Waals surface area contributed by atoms with E-state index in [0.29, 0.717) is 23.5 Å². The van der Waals surface area contributed by atoms with E-state index in [1.54, 1.807) is 24.3 Å². The molecule has 0 atom stereocenters. The Morgan fingerprint density at radius 2 is 1.52 bits per heavy atom. The number of carbonyl (C=O) groups excluding carboxylic acids is 1. The first-order valence-corrected chi connectivity index (χ1v) is 7.91. The van der Waals surface area contributed by atoms with Crippen molar-refractivity contribution in [2.75, 3.05) is 31.3 Å². The van der Waals surface area contributed by atoms with Crippen LogP contribution in [0.4, 0.5) is 17.1 Å². The molecule has 5 nitrogen and oxygen atoms in total. The van der Waals surface area contributed by atoms with Gasteiger partial charge in [0.25, 0.3) is 5.91 Å². The third-order valence-corrected chi connectivity index (χ3v) is 3.40. The van der Waals surface area contributed by atoms with Gasteiger partial charge in [-0.1, -0.05) is 0 Å². The van der Waals surface area contributed by atoms with E-state index < -0.39 is 0 Å². The summed E-state index contributed by atoms with van der Waals surface area (Å²) in [5, 5.41) is 11.1. The van der Waals surface area contributed by atoms with Crippen molar-refractivity contribution in [2.24, 2.45) is 10.2 Å². The van der Waals surface area contributed by atoms with Crippen LogP contribution < -0.4 is 10.2 Å². The minimum atomic E-state index is -0.109. The van der Waals surface area contributed by atoms with E-state index in [2.05, 4.69) is 28.2 Å². The fourth-order valence-corrected chi connectivity index (χ4v) is 2.00. The van der Waals surface area contributed by atoms with Crippen molar-refractivity contribution in [2.45, 2.75) is 0 Å². The van der Waals surface area contributed by atoms with Gasteiger partial charge in [-0.2, -0.15) is 22.9 Å². The van der Waals surface area contributed by atoms with Crippen LogP contribution in [0.1, 0.15) is 10.4 Å². The lowest BCUT2D eigenvalue weighted by atomic mass is 10.2. The fraction of sp³-hybridized carbons (Fsp3) is 0.235. The summed E-state index contributed by atoms with van der Waals surface area (Å²) in [6.45, 7) is 0.548. The van der Waals surface area contributed by atoms with Gasteiger partial charge < -0.3 is 10.2 Å². The molecule has 0 saturated carbocycles. The molecule has 6 heteroatoms. The Kier molecular flexibility index (Phi) is 6.17. The molecule has 0 aromatic heterocycles. The fourth-order valence-electron chi connectivity index (χ4n) is 1.88. The van der Waals surface area contributed by atoms with Gasteiger partial charge in [0, 0.05) is 37.6 Å². The summed E-state index contributed by atoms with van der Waals surface area (Å²) in [5.74, 6) is 0.506. The second-order valence-electron chi connectivity index (χ2n) is 5.14. The molecule has 0 bridgehead atoms. The number of nitrogens with one attached hydrogen (secondary N) is 1. The Balaban J connectivity index is 2.01. The first-order chi connectivity index (χ1) is 11.1. The lowest BCUT2D eigenvalue weighted by Crippen LogP contribution is -2.25. The van der Waals surface area contributed by atoms with Crippen molar-refractivity contribution in [1.82, 2.24) is 5.32 Å². The molecule has 1 N–H and O–H groups in total. The van der Waals surface area contributed by atoms with Crippen molar-refractivity contribution in [3.8, 4) is 0 Å². The predicted molar refractivity (Wildman–Crippen MR) is 97.6 cm³/mol. The highest BCUT2D eigenvalue weighted by atomic mass is 32.1. The van der Waals surface area contributed by atoms with E-state index in [1.807, 2.05) is 43.3 Å². The maximum absolute atomic E-state index is 11.8. The Morgan fingerprint density at radius 3 is 2.00 bits per heavy atom. The van der Waals surface area contributed by atoms with Crippen LogP contribution in [-0.4, -0.2) is 32.3 Å². The molecular weight excluding hydrogens is 308 g/mol. The van der Waals surface area contributed by atoms with Crippen LogP contribution in [0.2, 0.25) is 0 Å². The SMILES string of the molecule is CN(C)c1ccc(N=Nc2ccc(C(=O)NCCS)cc2)cc1. The van der Waals surface area contributed by atoms with E-state index >= 15 is 0 Å². The van der Waals surface area contributed by atoms with Crippen molar-refractivity contribution in [3.63, 3.8) is 0 Å². The lowest BCUT2D eigenvalue weighted by Gasteiger charge is -2.11. The summed E-state index contributed by atoms with van der Waals surface area (Å²) >= 11 is 4.06. The lowest BCUT2D eigenvalue weighted by molar-refractivity contribution is 0.0956. The minimum absolute atomic E-state index is 0.109. The molecule has 0 heterocycles. The van der Waals surface area contributed by atoms with Crippen LogP contribution in [-0.2, 0) is 0 Å². The minimum Gasteiger partial charge on any atom is -0.378 e. The molecular formula is C17H20N4OS. The predicted octanol–water partition coefficient (Wildman–Crippen LogP) is 3.83. The maximum atomic E-state index is 11.8. The van der Waals surface area contributed by atoms with Gasteiger partial charge >= 0.3 is 0 Å². The van der Waals surface area contributed by atoms with Crippen LogP contribution >= 0.6 is 12.6 Å². The summed E-state index contributed by atoms with van der Waals surface area (Å²) in [4.78, 5) is 13.8. The molecule has 0 fully saturated rings. The number of hydrogen-bond donors (Lipinski definition) is 2. The third kappa shape index (κ3) is 5.10. The van der Waals surface area contributed by atoms with Crippen molar-refractivity contribution < 1.29 is 4.79 Å². The molecule has 0 saturated heterocycles. The molecule has 1 amide bonds. The number of nitrogens with zero attached hydrogens (tertiary/aromatic N) is 3. The van der Waals surface area contributed by atoms with Gasteiger partial charge in [0.2, 0.25) is 0 Å². The van der Waals surface area contributed by atoms with E-state index in [9.17, 15) is 4.79 Å². The van der Waals surface area contributed by atoms with Gasteiger partial charge in [0.15, 0.2) is 0 Å². The molecule has 0 aliphatic carbocycles. The standard InChI is InChI=1S/C17H20N4OS/c1-21(2)16-9-7-15(8-10-16)20-19-14-5-3-13(4-6-14)17(22)18-11-12-23/h3-10,23H,11-12H2,1-2H3,(H,18,22). The molecule has 0 aliphatic rings. The summed E-state index contributed by atoms with van der Waals surface area (Å²) in [5.41, 5.74) is 3.19. The van der Waals surface area contributed by atoms with Crippen molar-refractivity contribution >= 4 is 35.6 Å². The zero-order valence-electron chi connectivity index (χ0n) is 13.2. The highest BCUT2D eigenvalue weighted by Gasteiger charge is 2.03. The number of benzene rings is 2. The summed E-state index contributed by atoms with van der Waals surface area (Å²) in [7, 11) is 3.98. The summed E-state index contributed by atoms with van der Waals surface area (Å²) < 4.78 is 0. The molecule has 0 aliphatic heterocycles. The van der Waals surface area contributed by atoms with Gasteiger partial charge in [-0.25, -0.2) is 0 Å². The zero-order chi connectivity index (χ0) is 16.7. The Bertz CT molecular complexity index is 666. The average Bonchev–Trinajstić information content (AvgIpc) is 2.58. The topological polar surface area (TPSA) is 57.1 Å². The van der Waals surface area contributed by atoms with Crippen molar-refractivity contribution in [1.29, 1.82) is 0 Å². The van der Waals surface area contributed by atoms with Gasteiger partial charge in [-0.15, -0.1) is 0 Å². The van der Waals surface area contributed by atoms with E-state index in [-0.39, 0.29) is 5.91 Å². The Labute approximate surface area is 141 Å². The van der Waals surface area contributed by atoms with Gasteiger partial charge in [-0.05, 0) is 48.5 Å². The van der Waals surface area contributed by atoms with Gasteiger partial charge in [0.05, 0.1) is 11.4 Å². The highest BCUT2D eigenvalue weighted by molar-refractivity contribution is 7.80. The third-order valence-electron chi connectivity index (χ3n) is 3.17. The normalized spacial score (nSPS) is 10.7. The average molecular weight is 328 g/mol. The maximum Gasteiger partial charge on any atom is 0.251 e. The number of rotatable bonds is 6. The van der Waals surface area contributed by atoms with Crippen LogP contribution in [0, 0.1) is 0 Å². The van der Waals surface area contributed by atoms with Crippen LogP contribution in [0.3, 0.4) is 0 Å². The van der Waals surface area contributed by atoms with E-state index in [0.717, 1.165) is 11.4 Å². The Hall–Kier alpha value is -2.34. The number of amides is 1. The van der Waals surface area contributed by atoms with Crippen molar-refractivity contribution in [3.05, 3.63) is 54.1 Å². The molecule has 120 valence electrons. The van der Waals surface area contributed by atoms with Gasteiger partial charge in [-0.3, -0.25) is 4.79 Å². The largest absolute Gasteiger partial charge is 0.378 e. The van der Waals surface area contributed by atoms with Crippen LogP contribution in [0.25, 0.3) is 0 Å². The first-order valence-electron chi connectivity index (χ1n) is 7.28. The summed E-state index contributed by atoms with van der Waals surface area (Å²) in [6.07, 6.45) is 0. The Morgan fingerprint density at radius 1 is 1.00 bits per heavy atom. The van der Waals surface area contributed by atoms with Crippen LogP contribution in [0.5, 0.6) is 0 Å². The summed E-state index contributed by atoms with van der Waals surface area (Å²) in [6, 6.07) is 14.8. The van der Waals surface area contributed by atoms with E-state index in [4.69, 9.17) is 0 Å². The smallest absolute Gasteiger partial charge is 0.251 e. The highest BCUT2D eigenvalue weighted by Crippen LogP contribution is 2.21. The zero-order valence-corrected chi connectivity index (χ0v) is 14.1. The number of anilines is 1. The van der Waals surface area contributed by atoms with Crippen LogP contribution in [0.15, 0.2) is 58.8 Å². The molecule has 0 spiro atoms.